The fourth-order valence-corrected chi connectivity index (χ4v) is 7.27. The summed E-state index contributed by atoms with van der Waals surface area (Å²) >= 11 is 0. The molecule has 29 N–H and O–H groups in total. The Labute approximate surface area is 473 Å². The van der Waals surface area contributed by atoms with Crippen molar-refractivity contribution in [3.8, 4) is 5.75 Å². The van der Waals surface area contributed by atoms with E-state index in [1.54, 1.807) is 0 Å². The van der Waals surface area contributed by atoms with Gasteiger partial charge in [0.1, 0.15) is 60.1 Å². The lowest BCUT2D eigenvalue weighted by molar-refractivity contribution is -0.143. The molecule has 0 aliphatic rings. The highest BCUT2D eigenvalue weighted by molar-refractivity contribution is 6.00. The first-order valence-corrected chi connectivity index (χ1v) is 25.6. The molecule has 1 aromatic carbocycles. The average molecular weight is 1180 g/mol. The van der Waals surface area contributed by atoms with Crippen LogP contribution in [0.3, 0.4) is 0 Å². The van der Waals surface area contributed by atoms with Gasteiger partial charge in [-0.25, -0.2) is 4.79 Å². The number of unbranched alkanes of at least 4 members (excludes halogenated alkanes) is 1. The first kappa shape index (κ1) is 72.2. The fourth-order valence-electron chi connectivity index (χ4n) is 7.27. The van der Waals surface area contributed by atoms with Crippen molar-refractivity contribution in [2.75, 3.05) is 32.9 Å². The number of aliphatic hydroxyl groups excluding tert-OH is 4. The number of rotatable bonds is 40. The number of aliphatic hydroxyl groups is 4. The topological polar surface area (TPSA) is 646 Å². The average Bonchev–Trinajstić information content (AvgIpc) is 3.47. The third-order valence-corrected chi connectivity index (χ3v) is 11.8. The number of aliphatic imine (C=N–C) groups is 1. The van der Waals surface area contributed by atoms with Gasteiger partial charge in [-0.3, -0.25) is 62.5 Å². The van der Waals surface area contributed by atoms with Gasteiger partial charge in [0.05, 0.1) is 44.8 Å². The summed E-state index contributed by atoms with van der Waals surface area (Å²) in [4.78, 5) is 172. The normalized spacial score (nSPS) is 14.9. The maximum atomic E-state index is 14.2. The number of amides is 12. The molecule has 464 valence electrons. The summed E-state index contributed by atoms with van der Waals surface area (Å²) in [6, 6.07) is -12.8. The molecule has 83 heavy (non-hydrogen) atoms. The predicted octanol–water partition coefficient (Wildman–Crippen LogP) is -11.7. The van der Waals surface area contributed by atoms with Crippen LogP contribution in [-0.4, -0.2) is 213 Å². The number of carboxylic acid groups (broad SMARTS) is 1. The lowest BCUT2D eigenvalue weighted by Gasteiger charge is -2.28. The van der Waals surface area contributed by atoms with Gasteiger partial charge in [-0.2, -0.15) is 0 Å². The van der Waals surface area contributed by atoms with Gasteiger partial charge in [-0.05, 0) is 63.3 Å². The zero-order chi connectivity index (χ0) is 63.1. The van der Waals surface area contributed by atoms with Crippen molar-refractivity contribution in [1.29, 1.82) is 0 Å². The molecule has 12 amide bonds. The van der Waals surface area contributed by atoms with E-state index in [-0.39, 0.29) is 43.1 Å². The quantitative estimate of drug-likeness (QED) is 0.0165. The summed E-state index contributed by atoms with van der Waals surface area (Å²) in [6.45, 7) is -2.41. The number of benzene rings is 1. The minimum Gasteiger partial charge on any atom is -0.508 e. The van der Waals surface area contributed by atoms with Gasteiger partial charge in [0.25, 0.3) is 0 Å². The Hall–Kier alpha value is -8.84. The highest BCUT2D eigenvalue weighted by Gasteiger charge is 2.37. The number of nitrogens with one attached hydrogen (secondary N) is 9. The van der Waals surface area contributed by atoms with Crippen LogP contribution in [0.5, 0.6) is 5.75 Å². The van der Waals surface area contributed by atoms with Crippen molar-refractivity contribution in [3.05, 3.63) is 29.8 Å². The van der Waals surface area contributed by atoms with E-state index in [9.17, 15) is 93.0 Å². The van der Waals surface area contributed by atoms with E-state index >= 15 is 0 Å². The lowest BCUT2D eigenvalue weighted by atomic mass is 10.0. The molecule has 0 heterocycles. The number of hydrogen-bond acceptors (Lipinski definition) is 21. The zero-order valence-corrected chi connectivity index (χ0v) is 45.2. The second-order valence-electron chi connectivity index (χ2n) is 18.7. The van der Waals surface area contributed by atoms with Crippen molar-refractivity contribution in [1.82, 2.24) is 47.9 Å². The SMILES string of the molecule is C[C@@H](O)[C@H](NC(=O)[C@H](CO)NC(=O)[C@H](CC(N)=O)NC(=O)[C@@H](N)CCCCN)C(=O)N[C@@H](CO)C(=O)N[C@@H](CCCN=C(N)N)C(=O)N[C@@H](Cc1ccc(O)cc1)C(=O)N[C@@H](CO)C(=O)N[C@@H](CC(N)=O)C(=O)N[C@@H](CCC(N)=O)C(=O)O. The van der Waals surface area contributed by atoms with Crippen molar-refractivity contribution in [3.63, 3.8) is 0 Å². The van der Waals surface area contributed by atoms with Crippen molar-refractivity contribution in [2.45, 2.75) is 138 Å². The van der Waals surface area contributed by atoms with E-state index in [1.807, 2.05) is 5.32 Å². The van der Waals surface area contributed by atoms with E-state index in [0.717, 1.165) is 6.92 Å². The Morgan fingerprint density at radius 2 is 0.904 bits per heavy atom. The molecule has 11 atom stereocenters. The number of aromatic hydroxyl groups is 1. The summed E-state index contributed by atoms with van der Waals surface area (Å²) in [5.41, 5.74) is 38.0. The molecule has 1 rings (SSSR count). The third kappa shape index (κ3) is 27.5. The molecule has 0 saturated heterocycles. The Morgan fingerprint density at radius 3 is 1.35 bits per heavy atom. The van der Waals surface area contributed by atoms with E-state index < -0.39 is 195 Å². The summed E-state index contributed by atoms with van der Waals surface area (Å²) in [6.07, 6.45) is -4.27. The van der Waals surface area contributed by atoms with Crippen molar-refractivity contribution >= 4 is 82.8 Å². The Balaban J connectivity index is 3.49. The Kier molecular flexibility index (Phi) is 32.4. The smallest absolute Gasteiger partial charge is 0.326 e. The molecule has 0 aliphatic heterocycles. The Bertz CT molecular complexity index is 2450. The molecule has 0 bridgehead atoms. The van der Waals surface area contributed by atoms with Crippen molar-refractivity contribution < 1.29 is 93.0 Å². The van der Waals surface area contributed by atoms with Gasteiger partial charge in [0.2, 0.25) is 70.9 Å². The molecule has 0 aliphatic carbocycles. The van der Waals surface area contributed by atoms with Crippen LogP contribution in [0.15, 0.2) is 29.3 Å². The maximum absolute atomic E-state index is 14.2. The van der Waals surface area contributed by atoms with Crippen LogP contribution < -0.4 is 88.0 Å². The molecular formula is C47H77N17O19. The van der Waals surface area contributed by atoms with Gasteiger partial charge >= 0.3 is 5.97 Å². The monoisotopic (exact) mass is 1180 g/mol. The molecule has 36 nitrogen and oxygen atoms in total. The number of primary amides is 3. The lowest BCUT2D eigenvalue weighted by Crippen LogP contribution is -2.63. The van der Waals surface area contributed by atoms with Crippen molar-refractivity contribution in [2.24, 2.45) is 45.1 Å². The van der Waals surface area contributed by atoms with Crippen LogP contribution in [0.1, 0.15) is 70.3 Å². The number of guanidine groups is 1. The summed E-state index contributed by atoms with van der Waals surface area (Å²) in [5, 5.41) is 80.1. The number of aliphatic carboxylic acids is 1. The molecule has 36 heteroatoms. The fraction of sp³-hybridized carbons (Fsp3) is 0.574. The number of carbonyl (C=O) groups is 13. The molecule has 0 spiro atoms. The molecule has 0 radical (unpaired) electrons. The standard InChI is InChI=1S/C47H77N17O19/c1-21(68)36(64-44(80)32(20-67)62-41(77)28(16-34(51)71)58-37(73)24(49)5-2-3-13-48)45(81)63-31(19-66)42(78)56-25(6-4-14-55-47(53)54)38(74)59-27(15-22-7-9-23(69)10-8-22)39(75)61-30(18-65)43(79)60-29(17-35(52)72)40(76)57-26(46(82)83)11-12-33(50)70/h7-10,21,24-32,36,65-69H,2-6,11-20,48-49H2,1H3,(H2,50,70)(H2,51,71)(H2,52,72)(H,56,78)(H,57,76)(H,58,73)(H,59,74)(H,60,79)(H,61,75)(H,62,77)(H,63,81)(H,64,80)(H,82,83)(H4,53,54,55)/t21-,24+,25+,26+,27+,28+,29+,30+,31+,32+,36+/m1/s1. The minimum atomic E-state index is -2.01. The predicted molar refractivity (Wildman–Crippen MR) is 287 cm³/mol. The second kappa shape index (κ2) is 37.2. The highest BCUT2D eigenvalue weighted by Crippen LogP contribution is 2.13. The largest absolute Gasteiger partial charge is 0.508 e. The van der Waals surface area contributed by atoms with Crippen LogP contribution in [0.25, 0.3) is 0 Å². The molecule has 0 unspecified atom stereocenters. The number of carboxylic acids is 1. The van der Waals surface area contributed by atoms with E-state index in [1.165, 1.54) is 24.3 Å². The van der Waals surface area contributed by atoms with Gasteiger partial charge in [-0.15, -0.1) is 0 Å². The summed E-state index contributed by atoms with van der Waals surface area (Å²) in [5.74, 6) is -16.4. The molecule has 1 aromatic rings. The number of hydrogen-bond donors (Lipinski definition) is 22. The number of nitrogens with two attached hydrogens (primary N) is 7. The molecular weight excluding hydrogens is 1110 g/mol. The Morgan fingerprint density at radius 1 is 0.494 bits per heavy atom. The van der Waals surface area contributed by atoms with Crippen LogP contribution in [-0.2, 0) is 68.7 Å². The number of carbonyl (C=O) groups excluding carboxylic acids is 12. The second-order valence-corrected chi connectivity index (χ2v) is 18.7. The summed E-state index contributed by atoms with van der Waals surface area (Å²) < 4.78 is 0. The first-order chi connectivity index (χ1) is 39.0. The highest BCUT2D eigenvalue weighted by atomic mass is 16.4. The van der Waals surface area contributed by atoms with E-state index in [0.29, 0.717) is 19.4 Å². The van der Waals surface area contributed by atoms with Gasteiger partial charge < -0.3 is 119 Å². The maximum Gasteiger partial charge on any atom is 0.326 e. The molecule has 0 aromatic heterocycles. The number of phenols is 1. The number of nitrogens with zero attached hydrogens (tertiary/aromatic N) is 1. The van der Waals surface area contributed by atoms with Crippen LogP contribution >= 0.6 is 0 Å². The van der Waals surface area contributed by atoms with E-state index in [2.05, 4.69) is 47.5 Å². The molecule has 0 fully saturated rings. The van der Waals surface area contributed by atoms with Crippen LogP contribution in [0.4, 0.5) is 0 Å². The zero-order valence-electron chi connectivity index (χ0n) is 45.2. The number of phenolic OH excluding ortho intramolecular Hbond substituents is 1. The first-order valence-electron chi connectivity index (χ1n) is 25.6. The molecule has 0 saturated carbocycles. The van der Waals surface area contributed by atoms with Gasteiger partial charge in [-0.1, -0.05) is 18.6 Å². The van der Waals surface area contributed by atoms with Gasteiger partial charge in [0, 0.05) is 19.4 Å². The van der Waals surface area contributed by atoms with E-state index in [4.69, 9.17) is 40.1 Å². The third-order valence-electron chi connectivity index (χ3n) is 11.8. The van der Waals surface area contributed by atoms with Gasteiger partial charge in [0.15, 0.2) is 5.96 Å². The minimum absolute atomic E-state index is 0.0798. The summed E-state index contributed by atoms with van der Waals surface area (Å²) in [7, 11) is 0. The van der Waals surface area contributed by atoms with Crippen LogP contribution in [0.2, 0.25) is 0 Å². The van der Waals surface area contributed by atoms with Crippen LogP contribution in [0, 0.1) is 0 Å².